The van der Waals surface area contributed by atoms with Gasteiger partial charge in [0.15, 0.2) is 11.2 Å². The maximum absolute atomic E-state index is 14.3. The molecule has 0 bridgehead atoms. The van der Waals surface area contributed by atoms with Crippen molar-refractivity contribution in [3.63, 3.8) is 0 Å². The summed E-state index contributed by atoms with van der Waals surface area (Å²) >= 11 is 0. The molecule has 0 atom stereocenters. The number of methoxy groups -OCH3 is 1. The Morgan fingerprint density at radius 1 is 0.867 bits per heavy atom. The smallest absolute Gasteiger partial charge is 0.337 e. The second-order valence-corrected chi connectivity index (χ2v) is 11.4. The monoisotopic (exact) mass is 602 g/mol. The van der Waals surface area contributed by atoms with E-state index in [4.69, 9.17) is 9.72 Å². The minimum atomic E-state index is -0.416. The highest BCUT2D eigenvalue weighted by molar-refractivity contribution is 5.80. The molecule has 3 aromatic carbocycles. The molecule has 3 heterocycles. The highest BCUT2D eigenvalue weighted by atomic mass is 16.5. The third-order valence-corrected chi connectivity index (χ3v) is 8.68. The lowest BCUT2D eigenvalue weighted by molar-refractivity contribution is 0.186. The predicted octanol–water partition coefficient (Wildman–Crippen LogP) is 4.94. The van der Waals surface area contributed by atoms with Gasteiger partial charge in [-0.2, -0.15) is 5.21 Å². The van der Waals surface area contributed by atoms with Crippen molar-refractivity contribution < 1.29 is 4.74 Å². The highest BCUT2D eigenvalue weighted by Crippen LogP contribution is 2.34. The molecule has 0 aliphatic heterocycles. The molecule has 0 radical (unpaired) electrons. The Balaban J connectivity index is 1.37. The number of ether oxygens (including phenoxy) is 1. The van der Waals surface area contributed by atoms with E-state index in [0.717, 1.165) is 53.8 Å². The van der Waals surface area contributed by atoms with Gasteiger partial charge in [0.25, 0.3) is 5.56 Å². The minimum Gasteiger partial charge on any atom is -0.383 e. The van der Waals surface area contributed by atoms with Gasteiger partial charge in [0.1, 0.15) is 5.82 Å². The van der Waals surface area contributed by atoms with E-state index >= 15 is 0 Å². The van der Waals surface area contributed by atoms with Crippen LogP contribution in [0.5, 0.6) is 0 Å². The zero-order valence-electron chi connectivity index (χ0n) is 25.1. The van der Waals surface area contributed by atoms with Crippen molar-refractivity contribution in [3.05, 3.63) is 111 Å². The van der Waals surface area contributed by atoms with E-state index in [9.17, 15) is 9.59 Å². The van der Waals surface area contributed by atoms with Crippen LogP contribution in [0.1, 0.15) is 49.4 Å². The fourth-order valence-electron chi connectivity index (χ4n) is 6.46. The van der Waals surface area contributed by atoms with Crippen molar-refractivity contribution in [2.75, 3.05) is 13.7 Å². The van der Waals surface area contributed by atoms with Gasteiger partial charge < -0.3 is 9.30 Å². The SMILES string of the molecule is COCCn1c(=O)n(-c2ccccc2)c(=O)c2c1nc(C1CCCCC1)n2Cc1ccc(-c2ccccc2-c2nn[nH]n2)cc1. The van der Waals surface area contributed by atoms with Crippen molar-refractivity contribution in [3.8, 4) is 28.2 Å². The van der Waals surface area contributed by atoms with Gasteiger partial charge >= 0.3 is 5.69 Å². The second kappa shape index (κ2) is 12.4. The number of rotatable bonds is 9. The van der Waals surface area contributed by atoms with Crippen LogP contribution in [-0.2, 0) is 17.8 Å². The lowest BCUT2D eigenvalue weighted by atomic mass is 9.88. The Labute approximate surface area is 259 Å². The molecule has 1 aliphatic rings. The molecule has 6 aromatic rings. The topological polar surface area (TPSA) is 126 Å². The average molecular weight is 603 g/mol. The minimum absolute atomic E-state index is 0.211. The quantitative estimate of drug-likeness (QED) is 0.249. The fraction of sp³-hybridized carbons (Fsp3) is 0.294. The number of aromatic nitrogens is 8. The normalized spacial score (nSPS) is 13.9. The number of benzene rings is 3. The van der Waals surface area contributed by atoms with Gasteiger partial charge in [0.05, 0.1) is 18.8 Å². The molecule has 11 nitrogen and oxygen atoms in total. The highest BCUT2D eigenvalue weighted by Gasteiger charge is 2.27. The molecule has 1 N–H and O–H groups in total. The summed E-state index contributed by atoms with van der Waals surface area (Å²) in [6.07, 6.45) is 5.44. The van der Waals surface area contributed by atoms with Crippen molar-refractivity contribution in [1.82, 2.24) is 39.3 Å². The van der Waals surface area contributed by atoms with Crippen molar-refractivity contribution in [2.45, 2.75) is 51.1 Å². The second-order valence-electron chi connectivity index (χ2n) is 11.4. The van der Waals surface area contributed by atoms with E-state index in [1.165, 1.54) is 11.0 Å². The molecule has 0 spiro atoms. The molecule has 0 unspecified atom stereocenters. The van der Waals surface area contributed by atoms with Gasteiger partial charge in [-0.3, -0.25) is 9.36 Å². The first-order valence-electron chi connectivity index (χ1n) is 15.4. The molecule has 1 saturated carbocycles. The number of nitrogens with zero attached hydrogens (tertiary/aromatic N) is 7. The van der Waals surface area contributed by atoms with E-state index in [-0.39, 0.29) is 18.0 Å². The van der Waals surface area contributed by atoms with E-state index in [1.807, 2.05) is 42.5 Å². The molecule has 228 valence electrons. The van der Waals surface area contributed by atoms with Gasteiger partial charge in [0.2, 0.25) is 5.82 Å². The molecular weight excluding hydrogens is 568 g/mol. The summed E-state index contributed by atoms with van der Waals surface area (Å²) < 4.78 is 10.3. The molecule has 0 saturated heterocycles. The zero-order chi connectivity index (χ0) is 30.8. The van der Waals surface area contributed by atoms with Gasteiger partial charge in [-0.25, -0.2) is 14.3 Å². The van der Waals surface area contributed by atoms with Crippen LogP contribution in [0.3, 0.4) is 0 Å². The first kappa shape index (κ1) is 28.6. The van der Waals surface area contributed by atoms with Crippen molar-refractivity contribution >= 4 is 11.2 Å². The number of para-hydroxylation sites is 1. The molecule has 3 aromatic heterocycles. The summed E-state index contributed by atoms with van der Waals surface area (Å²) in [5.41, 5.74) is 4.51. The van der Waals surface area contributed by atoms with Crippen molar-refractivity contribution in [1.29, 1.82) is 0 Å². The van der Waals surface area contributed by atoms with Crippen LogP contribution in [0.2, 0.25) is 0 Å². The molecule has 0 amide bonds. The maximum Gasteiger partial charge on any atom is 0.337 e. The number of aromatic amines is 1. The van der Waals surface area contributed by atoms with Crippen molar-refractivity contribution in [2.24, 2.45) is 0 Å². The van der Waals surface area contributed by atoms with Gasteiger partial charge in [-0.1, -0.05) is 86.0 Å². The third kappa shape index (κ3) is 5.40. The number of imidazole rings is 1. The predicted molar refractivity (Wildman–Crippen MR) is 171 cm³/mol. The molecule has 7 rings (SSSR count). The maximum atomic E-state index is 14.3. The van der Waals surface area contributed by atoms with Gasteiger partial charge in [-0.05, 0) is 46.9 Å². The molecular formula is C34H34N8O3. The Morgan fingerprint density at radius 2 is 1.60 bits per heavy atom. The number of nitrogens with one attached hydrogen (secondary N) is 1. The lowest BCUT2D eigenvalue weighted by Gasteiger charge is -2.22. The van der Waals surface area contributed by atoms with E-state index in [0.29, 0.717) is 35.8 Å². The fourth-order valence-corrected chi connectivity index (χ4v) is 6.46. The summed E-state index contributed by atoms with van der Waals surface area (Å²) in [5.74, 6) is 1.61. The Hall–Kier alpha value is -5.16. The van der Waals surface area contributed by atoms with Crippen LogP contribution in [-0.4, -0.2) is 53.0 Å². The van der Waals surface area contributed by atoms with Crippen LogP contribution in [0.4, 0.5) is 0 Å². The molecule has 1 aliphatic carbocycles. The Morgan fingerprint density at radius 3 is 2.31 bits per heavy atom. The number of hydrogen-bond donors (Lipinski definition) is 1. The molecule has 11 heteroatoms. The van der Waals surface area contributed by atoms with Crippen LogP contribution < -0.4 is 11.2 Å². The summed E-state index contributed by atoms with van der Waals surface area (Å²) in [4.78, 5) is 33.2. The van der Waals surface area contributed by atoms with Gasteiger partial charge in [0, 0.05) is 25.1 Å². The largest absolute Gasteiger partial charge is 0.383 e. The number of tetrazole rings is 1. The van der Waals surface area contributed by atoms with Gasteiger partial charge in [-0.15, -0.1) is 10.2 Å². The molecule has 1 fully saturated rings. The third-order valence-electron chi connectivity index (χ3n) is 8.68. The summed E-state index contributed by atoms with van der Waals surface area (Å²) in [7, 11) is 1.60. The molecule has 45 heavy (non-hydrogen) atoms. The number of hydrogen-bond acceptors (Lipinski definition) is 7. The summed E-state index contributed by atoms with van der Waals surface area (Å²) in [5, 5.41) is 14.6. The van der Waals surface area contributed by atoms with E-state index < -0.39 is 5.69 Å². The van der Waals surface area contributed by atoms with Crippen LogP contribution >= 0.6 is 0 Å². The van der Waals surface area contributed by atoms with Crippen LogP contribution in [0.15, 0.2) is 88.5 Å². The van der Waals surface area contributed by atoms with E-state index in [2.05, 4.69) is 49.5 Å². The van der Waals surface area contributed by atoms with Crippen LogP contribution in [0.25, 0.3) is 39.4 Å². The Bertz CT molecular complexity index is 2040. The Kier molecular flexibility index (Phi) is 7.91. The number of H-pyrrole nitrogens is 1. The lowest BCUT2D eigenvalue weighted by Crippen LogP contribution is -2.40. The van der Waals surface area contributed by atoms with Crippen LogP contribution in [0, 0.1) is 0 Å². The first-order valence-corrected chi connectivity index (χ1v) is 15.4. The first-order chi connectivity index (χ1) is 22.1. The summed E-state index contributed by atoms with van der Waals surface area (Å²) in [6.45, 7) is 1.05. The standard InChI is InChI=1S/C34H34N8O3/c1-45-21-20-40-32-29(33(43)42(34(40)44)26-12-6-3-7-13-26)41(31(35-32)25-10-4-2-5-11-25)22-23-16-18-24(19-17-23)27-14-8-9-15-28(27)30-36-38-39-37-30/h3,6-9,12-19,25H,2,4-5,10-11,20-22H2,1H3,(H,36,37,38,39). The summed E-state index contributed by atoms with van der Waals surface area (Å²) in [6, 6.07) is 25.3. The number of fused-ring (bicyclic) bond motifs is 1. The van der Waals surface area contributed by atoms with E-state index in [1.54, 1.807) is 23.8 Å². The average Bonchev–Trinajstić information content (AvgIpc) is 3.75. The zero-order valence-corrected chi connectivity index (χ0v) is 25.1.